The van der Waals surface area contributed by atoms with E-state index in [0.717, 1.165) is 4.47 Å². The van der Waals surface area contributed by atoms with E-state index in [4.69, 9.17) is 0 Å². The predicted molar refractivity (Wildman–Crippen MR) is 58.1 cm³/mol. The van der Waals surface area contributed by atoms with Gasteiger partial charge in [0.2, 0.25) is 0 Å². The number of rotatable bonds is 2. The summed E-state index contributed by atoms with van der Waals surface area (Å²) in [6.45, 7) is 0. The molecular formula is C9H7BrN2OS. The lowest BCUT2D eigenvalue weighted by Crippen LogP contribution is -2.01. The SMILES string of the molecule is OC(c1ccc(Br)cn1)c1ccsn1. The molecule has 0 saturated heterocycles. The van der Waals surface area contributed by atoms with Gasteiger partial charge in [-0.15, -0.1) is 0 Å². The molecule has 2 aromatic heterocycles. The number of pyridine rings is 1. The monoisotopic (exact) mass is 270 g/mol. The van der Waals surface area contributed by atoms with Gasteiger partial charge in [-0.2, -0.15) is 4.37 Å². The highest BCUT2D eigenvalue weighted by molar-refractivity contribution is 9.10. The zero-order valence-electron chi connectivity index (χ0n) is 7.09. The highest BCUT2D eigenvalue weighted by atomic mass is 79.9. The van der Waals surface area contributed by atoms with Gasteiger partial charge in [0, 0.05) is 16.0 Å². The molecule has 0 radical (unpaired) electrons. The number of halogens is 1. The predicted octanol–water partition coefficient (Wildman–Crippen LogP) is 2.38. The molecular weight excluding hydrogens is 264 g/mol. The van der Waals surface area contributed by atoms with Gasteiger partial charge in [-0.3, -0.25) is 4.98 Å². The normalized spacial score (nSPS) is 12.7. The van der Waals surface area contributed by atoms with Crippen LogP contribution in [-0.4, -0.2) is 14.5 Å². The van der Waals surface area contributed by atoms with Crippen molar-refractivity contribution in [2.24, 2.45) is 0 Å². The third kappa shape index (κ3) is 2.00. The first-order chi connectivity index (χ1) is 6.77. The van der Waals surface area contributed by atoms with Crippen molar-refractivity contribution >= 4 is 27.5 Å². The van der Waals surface area contributed by atoms with Crippen LogP contribution >= 0.6 is 27.5 Å². The van der Waals surface area contributed by atoms with E-state index in [1.807, 2.05) is 11.4 Å². The maximum atomic E-state index is 9.84. The van der Waals surface area contributed by atoms with Gasteiger partial charge in [0.15, 0.2) is 0 Å². The van der Waals surface area contributed by atoms with E-state index in [-0.39, 0.29) is 0 Å². The second-order valence-corrected chi connectivity index (χ2v) is 4.31. The van der Waals surface area contributed by atoms with E-state index in [0.29, 0.717) is 11.4 Å². The lowest BCUT2D eigenvalue weighted by Gasteiger charge is -2.06. The van der Waals surface area contributed by atoms with Crippen molar-refractivity contribution < 1.29 is 5.11 Å². The summed E-state index contributed by atoms with van der Waals surface area (Å²) in [4.78, 5) is 4.10. The second kappa shape index (κ2) is 4.16. The van der Waals surface area contributed by atoms with Crippen LogP contribution in [0.3, 0.4) is 0 Å². The van der Waals surface area contributed by atoms with Crippen LogP contribution < -0.4 is 0 Å². The molecule has 2 rings (SSSR count). The summed E-state index contributed by atoms with van der Waals surface area (Å²) in [6, 6.07) is 5.41. The Morgan fingerprint density at radius 2 is 2.14 bits per heavy atom. The van der Waals surface area contributed by atoms with Crippen molar-refractivity contribution in [3.63, 3.8) is 0 Å². The molecule has 0 aromatic carbocycles. The van der Waals surface area contributed by atoms with Crippen molar-refractivity contribution in [2.75, 3.05) is 0 Å². The molecule has 0 aliphatic heterocycles. The molecule has 2 aromatic rings. The molecule has 3 nitrogen and oxygen atoms in total. The van der Waals surface area contributed by atoms with Gasteiger partial charge in [-0.05, 0) is 45.7 Å². The minimum Gasteiger partial charge on any atom is -0.380 e. The average molecular weight is 271 g/mol. The van der Waals surface area contributed by atoms with Crippen LogP contribution in [0.1, 0.15) is 17.5 Å². The number of aliphatic hydroxyl groups is 1. The molecule has 0 aliphatic rings. The third-order valence-electron chi connectivity index (χ3n) is 1.77. The fourth-order valence-electron chi connectivity index (χ4n) is 1.06. The minimum atomic E-state index is -0.727. The first kappa shape index (κ1) is 9.76. The first-order valence-corrected chi connectivity index (χ1v) is 5.60. The average Bonchev–Trinajstić information content (AvgIpc) is 2.71. The minimum absolute atomic E-state index is 0.610. The molecule has 14 heavy (non-hydrogen) atoms. The van der Waals surface area contributed by atoms with Crippen molar-refractivity contribution in [3.05, 3.63) is 45.6 Å². The maximum Gasteiger partial charge on any atom is 0.139 e. The molecule has 0 bridgehead atoms. The molecule has 0 amide bonds. The third-order valence-corrected chi connectivity index (χ3v) is 2.81. The Balaban J connectivity index is 2.28. The number of aliphatic hydroxyl groups excluding tert-OH is 1. The van der Waals surface area contributed by atoms with E-state index in [2.05, 4.69) is 25.3 Å². The molecule has 5 heteroatoms. The lowest BCUT2D eigenvalue weighted by molar-refractivity contribution is 0.211. The summed E-state index contributed by atoms with van der Waals surface area (Å²) in [6.07, 6.45) is 0.930. The van der Waals surface area contributed by atoms with E-state index >= 15 is 0 Å². The summed E-state index contributed by atoms with van der Waals surface area (Å²) in [5.74, 6) is 0. The van der Waals surface area contributed by atoms with E-state index in [9.17, 15) is 5.11 Å². The smallest absolute Gasteiger partial charge is 0.139 e. The topological polar surface area (TPSA) is 46.0 Å². The Bertz CT molecular complexity index is 401. The fourth-order valence-corrected chi connectivity index (χ4v) is 1.84. The van der Waals surface area contributed by atoms with Gasteiger partial charge >= 0.3 is 0 Å². The van der Waals surface area contributed by atoms with Crippen molar-refractivity contribution in [2.45, 2.75) is 6.10 Å². The Labute approximate surface area is 93.7 Å². The molecule has 1 N–H and O–H groups in total. The van der Waals surface area contributed by atoms with Crippen LogP contribution in [0.25, 0.3) is 0 Å². The molecule has 0 saturated carbocycles. The highest BCUT2D eigenvalue weighted by Crippen LogP contribution is 2.20. The van der Waals surface area contributed by atoms with Crippen LogP contribution in [0.2, 0.25) is 0 Å². The molecule has 1 unspecified atom stereocenters. The van der Waals surface area contributed by atoms with Crippen molar-refractivity contribution in [1.29, 1.82) is 0 Å². The lowest BCUT2D eigenvalue weighted by atomic mass is 10.2. The Kier molecular flexibility index (Phi) is 2.90. The van der Waals surface area contributed by atoms with Crippen molar-refractivity contribution in [3.8, 4) is 0 Å². The quantitative estimate of drug-likeness (QED) is 0.912. The van der Waals surface area contributed by atoms with E-state index < -0.39 is 6.10 Å². The zero-order valence-corrected chi connectivity index (χ0v) is 9.49. The van der Waals surface area contributed by atoms with Gasteiger partial charge in [0.25, 0.3) is 0 Å². The first-order valence-electron chi connectivity index (χ1n) is 3.97. The van der Waals surface area contributed by atoms with Gasteiger partial charge in [0.05, 0.1) is 11.4 Å². The number of aromatic nitrogens is 2. The maximum absolute atomic E-state index is 9.84. The standard InChI is InChI=1S/C9H7BrN2OS/c10-6-1-2-7(11-5-6)9(13)8-3-4-14-12-8/h1-5,9,13H. The molecule has 72 valence electrons. The van der Waals surface area contributed by atoms with E-state index in [1.54, 1.807) is 18.3 Å². The summed E-state index contributed by atoms with van der Waals surface area (Å²) in [5.41, 5.74) is 1.25. The Morgan fingerprint density at radius 1 is 1.29 bits per heavy atom. The largest absolute Gasteiger partial charge is 0.380 e. The van der Waals surface area contributed by atoms with Gasteiger partial charge < -0.3 is 5.11 Å². The Hall–Kier alpha value is -0.780. The number of hydrogen-bond acceptors (Lipinski definition) is 4. The molecule has 0 fully saturated rings. The summed E-state index contributed by atoms with van der Waals surface area (Å²) in [5, 5.41) is 11.7. The Morgan fingerprint density at radius 3 is 2.71 bits per heavy atom. The van der Waals surface area contributed by atoms with Gasteiger partial charge in [-0.25, -0.2) is 0 Å². The molecule has 1 atom stereocenters. The molecule has 0 aliphatic carbocycles. The molecule has 2 heterocycles. The number of nitrogens with zero attached hydrogens (tertiary/aromatic N) is 2. The van der Waals surface area contributed by atoms with Crippen molar-refractivity contribution in [1.82, 2.24) is 9.36 Å². The highest BCUT2D eigenvalue weighted by Gasteiger charge is 2.13. The second-order valence-electron chi connectivity index (χ2n) is 2.73. The zero-order chi connectivity index (χ0) is 9.97. The molecule has 0 spiro atoms. The van der Waals surface area contributed by atoms with Gasteiger partial charge in [0.1, 0.15) is 6.10 Å². The fraction of sp³-hybridized carbons (Fsp3) is 0.111. The van der Waals surface area contributed by atoms with Crippen LogP contribution in [0.15, 0.2) is 34.2 Å². The van der Waals surface area contributed by atoms with Crippen LogP contribution in [-0.2, 0) is 0 Å². The van der Waals surface area contributed by atoms with Crippen LogP contribution in [0.4, 0.5) is 0 Å². The summed E-state index contributed by atoms with van der Waals surface area (Å²) < 4.78 is 4.95. The van der Waals surface area contributed by atoms with Crippen LogP contribution in [0, 0.1) is 0 Å². The van der Waals surface area contributed by atoms with Crippen LogP contribution in [0.5, 0.6) is 0 Å². The van der Waals surface area contributed by atoms with Gasteiger partial charge in [-0.1, -0.05) is 0 Å². The van der Waals surface area contributed by atoms with E-state index in [1.165, 1.54) is 11.5 Å². The number of hydrogen-bond donors (Lipinski definition) is 1. The summed E-state index contributed by atoms with van der Waals surface area (Å²) in [7, 11) is 0. The summed E-state index contributed by atoms with van der Waals surface area (Å²) >= 11 is 4.60.